The summed E-state index contributed by atoms with van der Waals surface area (Å²) < 4.78 is 0. The highest BCUT2D eigenvalue weighted by atomic mass is 15.2. The quantitative estimate of drug-likeness (QED) is 0.133. The van der Waals surface area contributed by atoms with Gasteiger partial charge in [-0.25, -0.2) is 0 Å². The number of hydrogen-bond donors (Lipinski definition) is 0. The normalized spacial score (nSPS) is 15.1. The molecule has 0 aromatic heterocycles. The van der Waals surface area contributed by atoms with E-state index in [0.717, 1.165) is 67.2 Å². The summed E-state index contributed by atoms with van der Waals surface area (Å²) in [6, 6.07) is 157. The fourth-order valence-electron chi connectivity index (χ4n) is 20.3. The summed E-state index contributed by atoms with van der Waals surface area (Å²) in [5, 5.41) is 7.21. The Kier molecular flexibility index (Phi) is 13.5. The zero-order chi connectivity index (χ0) is 70.4. The van der Waals surface area contributed by atoms with Crippen molar-refractivity contribution in [2.24, 2.45) is 0 Å². The summed E-state index contributed by atoms with van der Waals surface area (Å²) in [5.41, 5.74) is 31.6. The van der Waals surface area contributed by atoms with Gasteiger partial charge in [0.1, 0.15) is 0 Å². The molecule has 2 aliphatic heterocycles. The molecule has 18 aromatic rings. The maximum atomic E-state index is 2.60. The minimum atomic E-state index is -0.803. The molecule has 0 bridgehead atoms. The minimum Gasteiger partial charge on any atom is -0.310 e. The minimum absolute atomic E-state index is 0.612. The summed E-state index contributed by atoms with van der Waals surface area (Å²) in [7, 11) is 0. The van der Waals surface area contributed by atoms with Crippen molar-refractivity contribution < 1.29 is 0 Å². The first-order chi connectivity index (χ1) is 53.2. The largest absolute Gasteiger partial charge is 0.310 e. The van der Waals surface area contributed by atoms with E-state index in [0.29, 0.717) is 0 Å². The zero-order valence-corrected chi connectivity index (χ0v) is 58.7. The van der Waals surface area contributed by atoms with E-state index in [2.05, 4.69) is 422 Å². The number of hydrogen-bond acceptors (Lipinski definition) is 2. The molecule has 1 spiro atoms. The highest BCUT2D eigenvalue weighted by Crippen LogP contribution is 2.68. The van der Waals surface area contributed by atoms with Gasteiger partial charge in [-0.3, -0.25) is 0 Å². The number of rotatable bonds is 9. The Labute approximate surface area is 623 Å². The predicted molar refractivity (Wildman–Crippen MR) is 445 cm³/mol. The summed E-state index contributed by atoms with van der Waals surface area (Å²) in [6.07, 6.45) is 0. The molecular weight excluding hydrogens is 1290 g/mol. The number of anilines is 6. The van der Waals surface area contributed by atoms with E-state index < -0.39 is 16.2 Å². The van der Waals surface area contributed by atoms with Crippen LogP contribution in [0.5, 0.6) is 0 Å². The van der Waals surface area contributed by atoms with Crippen LogP contribution in [-0.2, 0) is 16.2 Å². The van der Waals surface area contributed by atoms with Crippen molar-refractivity contribution in [3.63, 3.8) is 0 Å². The number of para-hydroxylation sites is 4. The van der Waals surface area contributed by atoms with Crippen LogP contribution < -0.4 is 9.80 Å². The van der Waals surface area contributed by atoms with Crippen molar-refractivity contribution >= 4 is 66.4 Å². The first-order valence-corrected chi connectivity index (χ1v) is 37.4. The Morgan fingerprint density at radius 3 is 0.981 bits per heavy atom. The van der Waals surface area contributed by atoms with E-state index in [1.54, 1.807) is 0 Å². The topological polar surface area (TPSA) is 6.48 Å². The van der Waals surface area contributed by atoms with Crippen LogP contribution in [0.25, 0.3) is 88.0 Å². The van der Waals surface area contributed by atoms with Gasteiger partial charge >= 0.3 is 0 Å². The molecule has 18 aromatic carbocycles. The highest BCUT2D eigenvalue weighted by molar-refractivity contribution is 6.22. The van der Waals surface area contributed by atoms with Gasteiger partial charge in [0.2, 0.25) is 0 Å². The van der Waals surface area contributed by atoms with Gasteiger partial charge in [0, 0.05) is 22.5 Å². The average molecular weight is 1360 g/mol. The van der Waals surface area contributed by atoms with E-state index in [4.69, 9.17) is 0 Å². The van der Waals surface area contributed by atoms with Crippen molar-refractivity contribution in [3.8, 4) is 55.6 Å². The molecule has 1 unspecified atom stereocenters. The maximum Gasteiger partial charge on any atom is 0.0748 e. The van der Waals surface area contributed by atoms with E-state index >= 15 is 0 Å². The van der Waals surface area contributed by atoms with Crippen molar-refractivity contribution in [3.05, 3.63) is 479 Å². The van der Waals surface area contributed by atoms with E-state index in [-0.39, 0.29) is 0 Å². The Bertz CT molecular complexity index is 6260. The van der Waals surface area contributed by atoms with Crippen LogP contribution in [0.15, 0.2) is 413 Å². The molecule has 498 valence electrons. The van der Waals surface area contributed by atoms with E-state index in [1.807, 2.05) is 0 Å². The molecule has 4 aliphatic rings. The monoisotopic (exact) mass is 1360 g/mol. The lowest BCUT2D eigenvalue weighted by Gasteiger charge is -2.47. The third-order valence-corrected chi connectivity index (χ3v) is 24.2. The summed E-state index contributed by atoms with van der Waals surface area (Å²) in [4.78, 5) is 5.04. The highest BCUT2D eigenvalue weighted by Gasteiger charge is 2.54. The molecule has 22 rings (SSSR count). The van der Waals surface area contributed by atoms with Crippen LogP contribution in [0.1, 0.15) is 66.8 Å². The SMILES string of the molecule is c1ccc(N2c3ccccc3C(c3ccccc3)(c3ccccc3)c3c(-c4cccc5c(-c6cccc7c6-c6ccccc6C76c7ccccc7-c7c6ccc6ccccc76)c6cccc(-c7cccc8c7C(c7ccccc7)(c7ccccc7)c7ccccc7N8c7ccccc7)c6cc45)cccc32)cc1. The molecule has 0 N–H and O–H groups in total. The second-order valence-electron chi connectivity index (χ2n) is 29.1. The van der Waals surface area contributed by atoms with Crippen molar-refractivity contribution in [1.29, 1.82) is 0 Å². The molecule has 107 heavy (non-hydrogen) atoms. The number of benzene rings is 18. The molecule has 2 aliphatic carbocycles. The van der Waals surface area contributed by atoms with Gasteiger partial charge in [-0.1, -0.05) is 358 Å². The van der Waals surface area contributed by atoms with E-state index in [9.17, 15) is 0 Å². The fraction of sp³-hybridized carbons (Fsp3) is 0.0286. The van der Waals surface area contributed by atoms with Gasteiger partial charge in [-0.15, -0.1) is 0 Å². The van der Waals surface area contributed by atoms with Crippen molar-refractivity contribution in [2.75, 3.05) is 9.80 Å². The van der Waals surface area contributed by atoms with Crippen LogP contribution in [0.4, 0.5) is 34.1 Å². The third kappa shape index (κ3) is 8.35. The lowest BCUT2D eigenvalue weighted by Crippen LogP contribution is -2.38. The van der Waals surface area contributed by atoms with Gasteiger partial charge in [0.15, 0.2) is 0 Å². The van der Waals surface area contributed by atoms with Gasteiger partial charge in [-0.05, 0) is 198 Å². The molecule has 1 atom stereocenters. The van der Waals surface area contributed by atoms with Gasteiger partial charge in [0.25, 0.3) is 0 Å². The van der Waals surface area contributed by atoms with Crippen molar-refractivity contribution in [2.45, 2.75) is 16.2 Å². The van der Waals surface area contributed by atoms with Crippen LogP contribution in [0.3, 0.4) is 0 Å². The molecule has 2 heteroatoms. The van der Waals surface area contributed by atoms with Crippen LogP contribution in [-0.4, -0.2) is 0 Å². The van der Waals surface area contributed by atoms with Crippen LogP contribution >= 0.6 is 0 Å². The van der Waals surface area contributed by atoms with Crippen molar-refractivity contribution in [1.82, 2.24) is 0 Å². The van der Waals surface area contributed by atoms with Gasteiger partial charge in [-0.2, -0.15) is 0 Å². The molecule has 0 amide bonds. The van der Waals surface area contributed by atoms with Gasteiger partial charge < -0.3 is 9.80 Å². The Balaban J connectivity index is 0.908. The standard InChI is InChI=1S/C105H68N2/c1-7-35-70(36-8-1)103(71-37-9-2-10-38-71)90-59-25-27-62-94(90)106(74-43-15-5-16-44-74)96-64-32-54-81(101(96)103)77-50-29-52-79-86(77)68-87-78(82-55-33-65-97-102(82)104(72-39-11-3-12-40-72,73-41-13-4-14-42-73)91-60-26-28-63-95(91)107(97)75-45-17-6-18-46-75)51-30-53-80(87)98(79)85-56-31-61-92-100(85)84-49-22-24-58-89(84)105(92)88-57-23-21-48-83(88)99-76-47-20-19-34-69(76)66-67-93(99)105/h1-68H. The van der Waals surface area contributed by atoms with E-state index in [1.165, 1.54) is 122 Å². The lowest BCUT2D eigenvalue weighted by atomic mass is 9.60. The Morgan fingerprint density at radius 2 is 0.495 bits per heavy atom. The first kappa shape index (κ1) is 60.9. The molecule has 2 nitrogen and oxygen atoms in total. The number of nitrogens with zero attached hydrogens (tertiary/aromatic N) is 2. The fourth-order valence-corrected chi connectivity index (χ4v) is 20.3. The molecule has 0 saturated heterocycles. The molecule has 0 radical (unpaired) electrons. The maximum absolute atomic E-state index is 2.60. The third-order valence-electron chi connectivity index (χ3n) is 24.2. The second kappa shape index (κ2) is 23.7. The number of fused-ring (bicyclic) bond motifs is 18. The van der Waals surface area contributed by atoms with Crippen LogP contribution in [0, 0.1) is 0 Å². The second-order valence-corrected chi connectivity index (χ2v) is 29.1. The molecule has 2 heterocycles. The smallest absolute Gasteiger partial charge is 0.0748 e. The summed E-state index contributed by atoms with van der Waals surface area (Å²) in [6.45, 7) is 0. The predicted octanol–water partition coefficient (Wildman–Crippen LogP) is 26.8. The molecule has 0 fully saturated rings. The first-order valence-electron chi connectivity index (χ1n) is 37.4. The molecule has 0 saturated carbocycles. The lowest BCUT2D eigenvalue weighted by molar-refractivity contribution is 0.733. The zero-order valence-electron chi connectivity index (χ0n) is 58.7. The Morgan fingerprint density at radius 1 is 0.168 bits per heavy atom. The molecular formula is C105H68N2. The Hall–Kier alpha value is -13.7. The van der Waals surface area contributed by atoms with Gasteiger partial charge in [0.05, 0.1) is 39.0 Å². The summed E-state index contributed by atoms with van der Waals surface area (Å²) in [5.74, 6) is 0. The summed E-state index contributed by atoms with van der Waals surface area (Å²) >= 11 is 0. The van der Waals surface area contributed by atoms with Crippen LogP contribution in [0.2, 0.25) is 0 Å². The average Bonchev–Trinajstić information content (AvgIpc) is 1.38.